The van der Waals surface area contributed by atoms with E-state index in [4.69, 9.17) is 0 Å². The van der Waals surface area contributed by atoms with E-state index in [1.54, 1.807) is 4.68 Å². The van der Waals surface area contributed by atoms with Gasteiger partial charge in [-0.25, -0.2) is 4.68 Å². The maximum atomic E-state index is 13.0. The van der Waals surface area contributed by atoms with Gasteiger partial charge in [-0.3, -0.25) is 9.89 Å². The van der Waals surface area contributed by atoms with E-state index < -0.39 is 0 Å². The van der Waals surface area contributed by atoms with Crippen LogP contribution in [0, 0.1) is 18.3 Å². The zero-order valence-corrected chi connectivity index (χ0v) is 13.1. The molecule has 1 saturated heterocycles. The molecule has 7 heteroatoms. The molecule has 1 amide bonds. The highest BCUT2D eigenvalue weighted by Crippen LogP contribution is 2.44. The Bertz CT molecular complexity index is 732. The first kappa shape index (κ1) is 13.8. The average molecular weight is 302 g/mol. The average Bonchev–Trinajstić information content (AvgIpc) is 3.17. The predicted molar refractivity (Wildman–Crippen MR) is 83.5 cm³/mol. The number of H-pyrrole nitrogens is 1. The monoisotopic (exact) mass is 302 g/mol. The van der Waals surface area contributed by atoms with Gasteiger partial charge in [0, 0.05) is 13.6 Å². The summed E-state index contributed by atoms with van der Waals surface area (Å²) >= 11 is 0. The predicted octanol–water partition coefficient (Wildman–Crippen LogP) is 1.32. The molecule has 1 aliphatic heterocycles. The van der Waals surface area contributed by atoms with Crippen LogP contribution in [0.3, 0.4) is 0 Å². The zero-order chi connectivity index (χ0) is 15.3. The van der Waals surface area contributed by atoms with Crippen molar-refractivity contribution in [3.63, 3.8) is 0 Å². The molecule has 1 aliphatic carbocycles. The number of aromatic nitrogens is 4. The van der Waals surface area contributed by atoms with E-state index in [0.717, 1.165) is 49.1 Å². The maximum Gasteiger partial charge on any atom is 0.233 e. The summed E-state index contributed by atoms with van der Waals surface area (Å²) in [5.74, 6) is 1.25. The van der Waals surface area contributed by atoms with Crippen LogP contribution >= 0.6 is 0 Å². The van der Waals surface area contributed by atoms with Gasteiger partial charge in [0.25, 0.3) is 0 Å². The molecule has 2 atom stereocenters. The Kier molecular flexibility index (Phi) is 3.00. The van der Waals surface area contributed by atoms with Gasteiger partial charge in [-0.05, 0) is 32.2 Å². The summed E-state index contributed by atoms with van der Waals surface area (Å²) < 4.78 is 1.73. The Hall–Kier alpha value is -1.89. The summed E-state index contributed by atoms with van der Waals surface area (Å²) in [4.78, 5) is 13.0. The van der Waals surface area contributed by atoms with E-state index >= 15 is 0 Å². The second-order valence-electron chi connectivity index (χ2n) is 6.69. The van der Waals surface area contributed by atoms with Crippen LogP contribution in [-0.2, 0) is 11.8 Å². The number of rotatable bonds is 2. The van der Waals surface area contributed by atoms with Gasteiger partial charge in [0.1, 0.15) is 5.82 Å². The summed E-state index contributed by atoms with van der Waals surface area (Å²) in [7, 11) is 1.86. The molecule has 3 N–H and O–H groups in total. The summed E-state index contributed by atoms with van der Waals surface area (Å²) in [5.41, 5.74) is 1.39. The molecule has 0 aromatic carbocycles. The number of aryl methyl sites for hydroxylation is 2. The Balaban J connectivity index is 1.66. The molecular weight excluding hydrogens is 280 g/mol. The molecule has 2 aliphatic rings. The number of nitrogens with zero attached hydrogens (tertiary/aromatic N) is 3. The minimum absolute atomic E-state index is 0.121. The molecule has 22 heavy (non-hydrogen) atoms. The van der Waals surface area contributed by atoms with E-state index in [2.05, 4.69) is 25.9 Å². The number of hydrogen-bond donors (Lipinski definition) is 3. The van der Waals surface area contributed by atoms with Crippen molar-refractivity contribution in [2.45, 2.75) is 32.6 Å². The summed E-state index contributed by atoms with van der Waals surface area (Å²) in [6.45, 7) is 3.68. The first-order valence-electron chi connectivity index (χ1n) is 8.02. The Morgan fingerprint density at radius 2 is 2.32 bits per heavy atom. The maximum absolute atomic E-state index is 13.0. The molecule has 4 rings (SSSR count). The lowest BCUT2D eigenvalue weighted by Crippen LogP contribution is -2.44. The van der Waals surface area contributed by atoms with Gasteiger partial charge in [0.05, 0.1) is 16.5 Å². The number of carbonyl (C=O) groups excluding carboxylic acids is 1. The van der Waals surface area contributed by atoms with Crippen LogP contribution in [0.1, 0.15) is 31.4 Å². The summed E-state index contributed by atoms with van der Waals surface area (Å²) in [6.07, 6.45) is 4.48. The standard InChI is InChI=1S/C15H22N6O/c1-9-11-12(18-19-13(11)21(2)20-9)17-14(22)15-6-4-3-5-10(15)7-16-8-15/h10,16H,3-8H2,1-2H3,(H2,17,18,19,22)/t10-,15+/m0/s1. The smallest absolute Gasteiger partial charge is 0.233 e. The highest BCUT2D eigenvalue weighted by Gasteiger charge is 2.50. The van der Waals surface area contributed by atoms with Gasteiger partial charge in [-0.15, -0.1) is 0 Å². The van der Waals surface area contributed by atoms with Crippen LogP contribution in [0.15, 0.2) is 0 Å². The van der Waals surface area contributed by atoms with Gasteiger partial charge in [-0.2, -0.15) is 10.2 Å². The van der Waals surface area contributed by atoms with Crippen molar-refractivity contribution >= 4 is 22.8 Å². The summed E-state index contributed by atoms with van der Waals surface area (Å²) in [6, 6.07) is 0. The fourth-order valence-corrected chi connectivity index (χ4v) is 4.25. The minimum Gasteiger partial charge on any atom is -0.315 e. The Morgan fingerprint density at radius 3 is 3.18 bits per heavy atom. The first-order valence-corrected chi connectivity index (χ1v) is 8.02. The Morgan fingerprint density at radius 1 is 1.45 bits per heavy atom. The van der Waals surface area contributed by atoms with Crippen molar-refractivity contribution in [1.82, 2.24) is 25.3 Å². The number of nitrogens with one attached hydrogen (secondary N) is 3. The number of carbonyl (C=O) groups is 1. The fourth-order valence-electron chi connectivity index (χ4n) is 4.25. The molecular formula is C15H22N6O. The molecule has 118 valence electrons. The topological polar surface area (TPSA) is 87.6 Å². The first-order chi connectivity index (χ1) is 10.6. The van der Waals surface area contributed by atoms with Crippen molar-refractivity contribution in [1.29, 1.82) is 0 Å². The van der Waals surface area contributed by atoms with Crippen molar-refractivity contribution in [2.24, 2.45) is 18.4 Å². The normalized spacial score (nSPS) is 28.0. The van der Waals surface area contributed by atoms with Crippen molar-refractivity contribution < 1.29 is 4.79 Å². The molecule has 7 nitrogen and oxygen atoms in total. The molecule has 3 heterocycles. The van der Waals surface area contributed by atoms with Gasteiger partial charge in [-0.1, -0.05) is 12.8 Å². The van der Waals surface area contributed by atoms with Gasteiger partial charge < -0.3 is 10.6 Å². The molecule has 0 unspecified atom stereocenters. The van der Waals surface area contributed by atoms with E-state index in [1.807, 2.05) is 14.0 Å². The quantitative estimate of drug-likeness (QED) is 0.781. The molecule has 0 spiro atoms. The lowest BCUT2D eigenvalue weighted by Gasteiger charge is -2.36. The molecule has 2 aromatic rings. The highest BCUT2D eigenvalue weighted by atomic mass is 16.2. The Labute approximate surface area is 128 Å². The minimum atomic E-state index is -0.258. The lowest BCUT2D eigenvalue weighted by molar-refractivity contribution is -0.128. The van der Waals surface area contributed by atoms with Crippen LogP contribution in [-0.4, -0.2) is 39.0 Å². The second kappa shape index (κ2) is 4.81. The van der Waals surface area contributed by atoms with Crippen molar-refractivity contribution in [3.05, 3.63) is 5.69 Å². The third-order valence-corrected chi connectivity index (χ3v) is 5.44. The van der Waals surface area contributed by atoms with Crippen LogP contribution in [0.4, 0.5) is 5.82 Å². The zero-order valence-electron chi connectivity index (χ0n) is 13.1. The van der Waals surface area contributed by atoms with Gasteiger partial charge >= 0.3 is 0 Å². The number of fused-ring (bicyclic) bond motifs is 2. The van der Waals surface area contributed by atoms with Crippen LogP contribution < -0.4 is 10.6 Å². The third-order valence-electron chi connectivity index (χ3n) is 5.44. The van der Waals surface area contributed by atoms with E-state index in [1.165, 1.54) is 6.42 Å². The highest BCUT2D eigenvalue weighted by molar-refractivity contribution is 6.02. The molecule has 0 radical (unpaired) electrons. The molecule has 2 aromatic heterocycles. The molecule has 0 bridgehead atoms. The molecule has 2 fully saturated rings. The van der Waals surface area contributed by atoms with E-state index in [-0.39, 0.29) is 11.3 Å². The van der Waals surface area contributed by atoms with Gasteiger partial charge in [0.2, 0.25) is 5.91 Å². The van der Waals surface area contributed by atoms with E-state index in [9.17, 15) is 4.79 Å². The fraction of sp³-hybridized carbons (Fsp3) is 0.667. The molecule has 1 saturated carbocycles. The van der Waals surface area contributed by atoms with Crippen LogP contribution in [0.5, 0.6) is 0 Å². The van der Waals surface area contributed by atoms with Crippen molar-refractivity contribution in [2.75, 3.05) is 18.4 Å². The third kappa shape index (κ3) is 1.81. The van der Waals surface area contributed by atoms with Crippen LogP contribution in [0.25, 0.3) is 11.0 Å². The van der Waals surface area contributed by atoms with Crippen molar-refractivity contribution in [3.8, 4) is 0 Å². The SMILES string of the molecule is Cc1nn(C)c2n[nH]c(NC(=O)[C@@]34CCCC[C@H]3CNC4)c12. The summed E-state index contributed by atoms with van der Waals surface area (Å²) in [5, 5.41) is 19.0. The number of hydrogen-bond acceptors (Lipinski definition) is 4. The number of aromatic amines is 1. The van der Waals surface area contributed by atoms with E-state index in [0.29, 0.717) is 11.7 Å². The second-order valence-corrected chi connectivity index (χ2v) is 6.69. The van der Waals surface area contributed by atoms with Crippen LogP contribution in [0.2, 0.25) is 0 Å². The van der Waals surface area contributed by atoms with Gasteiger partial charge in [0.15, 0.2) is 5.65 Å². The number of amides is 1. The lowest BCUT2D eigenvalue weighted by atomic mass is 9.67. The largest absolute Gasteiger partial charge is 0.315 e. The number of anilines is 1.